The zero-order valence-corrected chi connectivity index (χ0v) is 28.8. The predicted octanol–water partition coefficient (Wildman–Crippen LogP) is 2.55. The Bertz CT molecular complexity index is 566. The fourth-order valence-corrected chi connectivity index (χ4v) is 4.26. The van der Waals surface area contributed by atoms with Crippen LogP contribution in [0.25, 0.3) is 0 Å². The van der Waals surface area contributed by atoms with E-state index >= 15 is 0 Å². The van der Waals surface area contributed by atoms with Crippen LogP contribution in [0, 0.1) is 0 Å². The van der Waals surface area contributed by atoms with Gasteiger partial charge in [0, 0.05) is 6.61 Å². The van der Waals surface area contributed by atoms with Crippen molar-refractivity contribution in [2.45, 2.75) is 45.2 Å². The molecule has 1 saturated heterocycles. The summed E-state index contributed by atoms with van der Waals surface area (Å²) in [6, 6.07) is 0. The highest BCUT2D eigenvalue weighted by Crippen LogP contribution is 2.13. The third-order valence-corrected chi connectivity index (χ3v) is 6.85. The van der Waals surface area contributed by atoms with Crippen LogP contribution in [0.4, 0.5) is 0 Å². The molecule has 0 bridgehead atoms. The van der Waals surface area contributed by atoms with E-state index in [-0.39, 0.29) is 6.29 Å². The predicted molar refractivity (Wildman–Crippen MR) is 167 cm³/mol. The smallest absolute Gasteiger partial charge is 0.183 e. The van der Waals surface area contributed by atoms with Gasteiger partial charge in [0.25, 0.3) is 0 Å². The van der Waals surface area contributed by atoms with Crippen LogP contribution in [0.2, 0.25) is 19.6 Å². The molecule has 44 heavy (non-hydrogen) atoms. The number of hydrogen-bond donors (Lipinski definition) is 0. The molecule has 0 saturated carbocycles. The van der Waals surface area contributed by atoms with Crippen LogP contribution in [-0.4, -0.2) is 167 Å². The first-order valence-corrected chi connectivity index (χ1v) is 19.6. The lowest BCUT2D eigenvalue weighted by atomic mass is 10.2. The second-order valence-electron chi connectivity index (χ2n) is 10.8. The zero-order chi connectivity index (χ0) is 31.7. The first-order chi connectivity index (χ1) is 21.6. The molecule has 1 aliphatic rings. The number of rotatable bonds is 35. The van der Waals surface area contributed by atoms with Gasteiger partial charge < -0.3 is 61.3 Å². The molecule has 1 aliphatic heterocycles. The van der Waals surface area contributed by atoms with Gasteiger partial charge in [-0.1, -0.05) is 0 Å². The molecule has 1 rings (SSSR count). The minimum atomic E-state index is -1.45. The van der Waals surface area contributed by atoms with Crippen molar-refractivity contribution in [2.24, 2.45) is 0 Å². The van der Waals surface area contributed by atoms with E-state index in [4.69, 9.17) is 61.3 Å². The maximum atomic E-state index is 5.72. The van der Waals surface area contributed by atoms with Crippen molar-refractivity contribution in [2.75, 3.05) is 152 Å². The normalized spacial score (nSPS) is 15.8. The highest BCUT2D eigenvalue weighted by molar-refractivity contribution is 6.69. The molecule has 0 aromatic rings. The molecule has 1 unspecified atom stereocenters. The standard InChI is InChI=1S/C30H62O13Si/c1-44(2,3)43-29-27-40-25-23-38-21-19-36-17-15-34-13-11-32-9-8-31-10-12-33-14-16-35-18-20-37-22-24-39-26-28-42-30-6-4-5-7-41-30/h30H,4-29H2,1-3H3. The zero-order valence-electron chi connectivity index (χ0n) is 27.8. The maximum Gasteiger partial charge on any atom is 0.183 e. The summed E-state index contributed by atoms with van der Waals surface area (Å²) in [5, 5.41) is 0. The second-order valence-corrected chi connectivity index (χ2v) is 15.3. The first-order valence-electron chi connectivity index (χ1n) is 16.2. The molecule has 1 heterocycles. The Morgan fingerprint density at radius 3 is 0.977 bits per heavy atom. The van der Waals surface area contributed by atoms with Crippen molar-refractivity contribution in [1.29, 1.82) is 0 Å². The molecule has 1 atom stereocenters. The Labute approximate surface area is 266 Å². The SMILES string of the molecule is C[Si](C)(C)OCCOCCOCCOCCOCCOCCOCCOCCOCCOCCOCCOC1CCCCO1. The maximum absolute atomic E-state index is 5.72. The lowest BCUT2D eigenvalue weighted by Crippen LogP contribution is -2.27. The summed E-state index contributed by atoms with van der Waals surface area (Å²) >= 11 is 0. The van der Waals surface area contributed by atoms with Crippen molar-refractivity contribution in [1.82, 2.24) is 0 Å². The van der Waals surface area contributed by atoms with Crippen LogP contribution in [0.1, 0.15) is 19.3 Å². The van der Waals surface area contributed by atoms with Crippen molar-refractivity contribution < 1.29 is 61.3 Å². The average Bonchev–Trinajstić information content (AvgIpc) is 3.01. The lowest BCUT2D eigenvalue weighted by Gasteiger charge is -2.22. The van der Waals surface area contributed by atoms with Gasteiger partial charge in [-0.2, -0.15) is 0 Å². The van der Waals surface area contributed by atoms with Crippen molar-refractivity contribution in [3.05, 3.63) is 0 Å². The van der Waals surface area contributed by atoms with E-state index in [1.54, 1.807) is 0 Å². The highest BCUT2D eigenvalue weighted by Gasteiger charge is 2.14. The van der Waals surface area contributed by atoms with Gasteiger partial charge in [-0.15, -0.1) is 0 Å². The Hall–Kier alpha value is -0.303. The molecule has 14 heteroatoms. The van der Waals surface area contributed by atoms with Gasteiger partial charge in [0.15, 0.2) is 14.6 Å². The molecule has 0 radical (unpaired) electrons. The van der Waals surface area contributed by atoms with Crippen molar-refractivity contribution >= 4 is 8.32 Å². The Kier molecular flexibility index (Phi) is 30.9. The summed E-state index contributed by atoms with van der Waals surface area (Å²) in [7, 11) is -1.45. The van der Waals surface area contributed by atoms with Gasteiger partial charge >= 0.3 is 0 Å². The summed E-state index contributed by atoms with van der Waals surface area (Å²) < 4.78 is 71.6. The summed E-state index contributed by atoms with van der Waals surface area (Å²) in [5.74, 6) is 0. The third-order valence-electron chi connectivity index (χ3n) is 5.78. The minimum Gasteiger partial charge on any atom is -0.415 e. The van der Waals surface area contributed by atoms with Gasteiger partial charge in [-0.25, -0.2) is 0 Å². The van der Waals surface area contributed by atoms with Gasteiger partial charge in [-0.3, -0.25) is 0 Å². The lowest BCUT2D eigenvalue weighted by molar-refractivity contribution is -0.169. The van der Waals surface area contributed by atoms with E-state index in [1.165, 1.54) is 6.42 Å². The molecular weight excluding hydrogens is 596 g/mol. The second kappa shape index (κ2) is 32.6. The van der Waals surface area contributed by atoms with Crippen molar-refractivity contribution in [3.63, 3.8) is 0 Å². The van der Waals surface area contributed by atoms with Crippen molar-refractivity contribution in [3.8, 4) is 0 Å². The molecule has 264 valence electrons. The largest absolute Gasteiger partial charge is 0.415 e. The fraction of sp³-hybridized carbons (Fsp3) is 1.00. The summed E-state index contributed by atoms with van der Waals surface area (Å²) in [4.78, 5) is 0. The van der Waals surface area contributed by atoms with E-state index < -0.39 is 8.32 Å². The van der Waals surface area contributed by atoms with Crippen LogP contribution < -0.4 is 0 Å². The van der Waals surface area contributed by atoms with Crippen LogP contribution in [-0.2, 0) is 61.3 Å². The molecule has 1 fully saturated rings. The summed E-state index contributed by atoms with van der Waals surface area (Å²) in [5.41, 5.74) is 0. The molecule has 0 N–H and O–H groups in total. The molecule has 0 aliphatic carbocycles. The van der Waals surface area contributed by atoms with Gasteiger partial charge in [0.05, 0.1) is 145 Å². The van der Waals surface area contributed by atoms with E-state index in [0.29, 0.717) is 145 Å². The number of ether oxygens (including phenoxy) is 12. The topological polar surface area (TPSA) is 120 Å². The van der Waals surface area contributed by atoms with Crippen LogP contribution in [0.3, 0.4) is 0 Å². The fourth-order valence-electron chi connectivity index (χ4n) is 3.57. The Morgan fingerprint density at radius 2 is 0.705 bits per heavy atom. The van der Waals surface area contributed by atoms with Gasteiger partial charge in [0.1, 0.15) is 0 Å². The van der Waals surface area contributed by atoms with Crippen LogP contribution in [0.5, 0.6) is 0 Å². The Morgan fingerprint density at radius 1 is 0.409 bits per heavy atom. The molecular formula is C30H62O13Si. The van der Waals surface area contributed by atoms with Crippen LogP contribution in [0.15, 0.2) is 0 Å². The van der Waals surface area contributed by atoms with E-state index in [1.807, 2.05) is 0 Å². The summed E-state index contributed by atoms with van der Waals surface area (Å²) in [6.07, 6.45) is 3.20. The summed E-state index contributed by atoms with van der Waals surface area (Å²) in [6.45, 7) is 19.1. The van der Waals surface area contributed by atoms with Crippen LogP contribution >= 0.6 is 0 Å². The highest BCUT2D eigenvalue weighted by atomic mass is 28.4. The molecule has 0 spiro atoms. The molecule has 13 nitrogen and oxygen atoms in total. The minimum absolute atomic E-state index is 0.0638. The van der Waals surface area contributed by atoms with Gasteiger partial charge in [-0.05, 0) is 38.9 Å². The van der Waals surface area contributed by atoms with E-state index in [2.05, 4.69) is 19.6 Å². The van der Waals surface area contributed by atoms with E-state index in [0.717, 1.165) is 19.4 Å². The third kappa shape index (κ3) is 33.1. The first kappa shape index (κ1) is 41.7. The van der Waals surface area contributed by atoms with Gasteiger partial charge in [0.2, 0.25) is 0 Å². The quantitative estimate of drug-likeness (QED) is 0.0734. The van der Waals surface area contributed by atoms with E-state index in [9.17, 15) is 0 Å². The molecule has 0 aromatic heterocycles. The average molecular weight is 659 g/mol. The Balaban J connectivity index is 1.61. The number of hydrogen-bond acceptors (Lipinski definition) is 13. The molecule has 0 aromatic carbocycles. The molecule has 0 amide bonds. The monoisotopic (exact) mass is 658 g/mol.